The van der Waals surface area contributed by atoms with Crippen LogP contribution >= 0.6 is 37.2 Å². The van der Waals surface area contributed by atoms with E-state index in [9.17, 15) is 4.79 Å². The van der Waals surface area contributed by atoms with Gasteiger partial charge >= 0.3 is 0 Å². The summed E-state index contributed by atoms with van der Waals surface area (Å²) in [6, 6.07) is -0.387. The lowest BCUT2D eigenvalue weighted by Gasteiger charge is -2.34. The van der Waals surface area contributed by atoms with Crippen molar-refractivity contribution in [3.05, 3.63) is 0 Å². The zero-order valence-corrected chi connectivity index (χ0v) is 15.7. The molecule has 0 aliphatic carbocycles. The van der Waals surface area contributed by atoms with Gasteiger partial charge in [0.05, 0.1) is 6.04 Å². The third kappa shape index (κ3) is 9.76. The Labute approximate surface area is 147 Å². The Morgan fingerprint density at radius 2 is 1.57 bits per heavy atom. The number of carbonyl (C=O) groups is 1. The molecule has 21 heavy (non-hydrogen) atoms. The molecule has 0 aromatic rings. The lowest BCUT2D eigenvalue weighted by Crippen LogP contribution is -2.50. The number of hydrogen-bond donors (Lipinski definition) is 2. The van der Waals surface area contributed by atoms with Crippen molar-refractivity contribution in [3.8, 4) is 0 Å². The van der Waals surface area contributed by atoms with Crippen LogP contribution in [0.5, 0.6) is 0 Å². The van der Waals surface area contributed by atoms with E-state index in [1.807, 2.05) is 13.8 Å². The van der Waals surface area contributed by atoms with Gasteiger partial charge in [0, 0.05) is 39.3 Å². The monoisotopic (exact) mass is 364 g/mol. The van der Waals surface area contributed by atoms with Crippen molar-refractivity contribution < 1.29 is 4.79 Å². The Kier molecular flexibility index (Phi) is 17.2. The van der Waals surface area contributed by atoms with E-state index in [1.54, 1.807) is 0 Å². The van der Waals surface area contributed by atoms with Crippen molar-refractivity contribution in [3.63, 3.8) is 0 Å². The molecule has 1 fully saturated rings. The number of amides is 1. The third-order valence-corrected chi connectivity index (χ3v) is 3.66. The minimum absolute atomic E-state index is 0. The Bertz CT molecular complexity index is 262. The van der Waals surface area contributed by atoms with Crippen molar-refractivity contribution in [2.75, 3.05) is 45.8 Å². The summed E-state index contributed by atoms with van der Waals surface area (Å²) in [7, 11) is 0. The van der Waals surface area contributed by atoms with Crippen LogP contribution in [-0.2, 0) is 4.79 Å². The minimum atomic E-state index is -0.387. The molecule has 0 spiro atoms. The summed E-state index contributed by atoms with van der Waals surface area (Å²) in [6.45, 7) is 13.4. The van der Waals surface area contributed by atoms with Crippen LogP contribution in [0.2, 0.25) is 0 Å². The van der Waals surface area contributed by atoms with Crippen molar-refractivity contribution in [1.82, 2.24) is 15.1 Å². The molecule has 5 nitrogen and oxygen atoms in total. The number of nitrogens with two attached hydrogens (primary N) is 1. The number of nitrogens with one attached hydrogen (secondary N) is 1. The predicted molar refractivity (Wildman–Crippen MR) is 96.1 cm³/mol. The first-order valence-corrected chi connectivity index (χ1v) is 7.02. The van der Waals surface area contributed by atoms with Crippen LogP contribution in [-0.4, -0.2) is 67.6 Å². The maximum atomic E-state index is 11.7. The summed E-state index contributed by atoms with van der Waals surface area (Å²) in [5, 5.41) is 2.92. The van der Waals surface area contributed by atoms with Crippen molar-refractivity contribution in [2.24, 2.45) is 11.7 Å². The van der Waals surface area contributed by atoms with Gasteiger partial charge in [0.25, 0.3) is 0 Å². The second-order valence-corrected chi connectivity index (χ2v) is 5.34. The van der Waals surface area contributed by atoms with E-state index in [-0.39, 0.29) is 55.1 Å². The Balaban J connectivity index is -0.00000108. The van der Waals surface area contributed by atoms with E-state index < -0.39 is 0 Å². The van der Waals surface area contributed by atoms with Gasteiger partial charge in [0.2, 0.25) is 5.91 Å². The molecule has 0 radical (unpaired) electrons. The number of halogens is 3. The molecule has 1 aliphatic heterocycles. The molecule has 1 rings (SSSR count). The van der Waals surface area contributed by atoms with Gasteiger partial charge in [-0.25, -0.2) is 0 Å². The first-order valence-electron chi connectivity index (χ1n) is 7.02. The first-order chi connectivity index (χ1) is 8.54. The summed E-state index contributed by atoms with van der Waals surface area (Å²) in [4.78, 5) is 16.5. The highest BCUT2D eigenvalue weighted by Crippen LogP contribution is 2.00. The van der Waals surface area contributed by atoms with Crippen molar-refractivity contribution in [2.45, 2.75) is 26.8 Å². The molecule has 0 saturated carbocycles. The van der Waals surface area contributed by atoms with Gasteiger partial charge in [-0.05, 0) is 12.5 Å². The minimum Gasteiger partial charge on any atom is -0.353 e. The molecule has 0 aromatic carbocycles. The van der Waals surface area contributed by atoms with Crippen LogP contribution in [0.15, 0.2) is 0 Å². The zero-order valence-electron chi connectivity index (χ0n) is 13.2. The van der Waals surface area contributed by atoms with Gasteiger partial charge in [-0.1, -0.05) is 20.8 Å². The fourth-order valence-corrected chi connectivity index (χ4v) is 2.09. The summed E-state index contributed by atoms with van der Waals surface area (Å²) < 4.78 is 0. The molecular weight excluding hydrogens is 335 g/mol. The lowest BCUT2D eigenvalue weighted by molar-refractivity contribution is -0.123. The normalized spacial score (nSPS) is 17.2. The summed E-state index contributed by atoms with van der Waals surface area (Å²) in [6.07, 6.45) is 0. The molecule has 1 aliphatic rings. The molecule has 0 aromatic heterocycles. The number of hydrogen-bond acceptors (Lipinski definition) is 4. The van der Waals surface area contributed by atoms with E-state index in [2.05, 4.69) is 22.0 Å². The largest absolute Gasteiger partial charge is 0.353 e. The summed E-state index contributed by atoms with van der Waals surface area (Å²) in [5.41, 5.74) is 5.78. The Morgan fingerprint density at radius 3 is 2.00 bits per heavy atom. The van der Waals surface area contributed by atoms with E-state index in [1.165, 1.54) is 0 Å². The van der Waals surface area contributed by atoms with E-state index in [0.717, 1.165) is 39.3 Å². The third-order valence-electron chi connectivity index (χ3n) is 3.66. The summed E-state index contributed by atoms with van der Waals surface area (Å²) >= 11 is 0. The second kappa shape index (κ2) is 13.9. The topological polar surface area (TPSA) is 61.6 Å². The molecule has 0 bridgehead atoms. The van der Waals surface area contributed by atoms with E-state index in [4.69, 9.17) is 5.73 Å². The summed E-state index contributed by atoms with van der Waals surface area (Å²) in [5.74, 6) is 0.162. The molecular formula is C13H31Cl3N4O. The fraction of sp³-hybridized carbons (Fsp3) is 0.923. The molecule has 8 heteroatoms. The van der Waals surface area contributed by atoms with Crippen molar-refractivity contribution >= 4 is 43.1 Å². The molecule has 3 N–H and O–H groups in total. The highest BCUT2D eigenvalue weighted by Gasteiger charge is 2.18. The Morgan fingerprint density at radius 1 is 1.10 bits per heavy atom. The van der Waals surface area contributed by atoms with Crippen LogP contribution in [0, 0.1) is 5.92 Å². The van der Waals surface area contributed by atoms with E-state index >= 15 is 0 Å². The number of piperazine rings is 1. The molecule has 1 amide bonds. The lowest BCUT2D eigenvalue weighted by atomic mass is 10.1. The maximum Gasteiger partial charge on any atom is 0.237 e. The number of nitrogens with zero attached hydrogens (tertiary/aromatic N) is 2. The van der Waals surface area contributed by atoms with Crippen LogP contribution in [0.3, 0.4) is 0 Å². The Hall–Kier alpha value is 0.220. The standard InChI is InChI=1S/C13H28N4O.3ClH/c1-4-16-7-9-17(10-8-16)6-5-15-13(18)12(14)11(2)3;;;/h11-12H,4-10,14H2,1-3H3,(H,15,18);3*1H/t12-;;;/m0.../s1. The van der Waals surface area contributed by atoms with Gasteiger partial charge in [-0.3, -0.25) is 9.69 Å². The second-order valence-electron chi connectivity index (χ2n) is 5.34. The quantitative estimate of drug-likeness (QED) is 0.737. The van der Waals surface area contributed by atoms with Crippen LogP contribution < -0.4 is 11.1 Å². The number of carbonyl (C=O) groups excluding carboxylic acids is 1. The van der Waals surface area contributed by atoms with Gasteiger partial charge in [0.1, 0.15) is 0 Å². The van der Waals surface area contributed by atoms with Crippen LogP contribution in [0.25, 0.3) is 0 Å². The maximum absolute atomic E-state index is 11.7. The van der Waals surface area contributed by atoms with Gasteiger partial charge in [-0.2, -0.15) is 0 Å². The number of likely N-dealkylation sites (N-methyl/N-ethyl adjacent to an activating group) is 1. The SMILES string of the molecule is CCN1CCN(CCNC(=O)[C@@H](N)C(C)C)CC1.Cl.Cl.Cl. The van der Waals surface area contributed by atoms with Crippen LogP contribution in [0.1, 0.15) is 20.8 Å². The zero-order chi connectivity index (χ0) is 13.5. The molecule has 1 saturated heterocycles. The molecule has 1 atom stereocenters. The average molecular weight is 366 g/mol. The highest BCUT2D eigenvalue weighted by molar-refractivity contribution is 5.86. The van der Waals surface area contributed by atoms with Crippen molar-refractivity contribution in [1.29, 1.82) is 0 Å². The average Bonchev–Trinajstić information content (AvgIpc) is 2.38. The van der Waals surface area contributed by atoms with E-state index in [0.29, 0.717) is 6.54 Å². The molecule has 1 heterocycles. The van der Waals surface area contributed by atoms with Gasteiger partial charge < -0.3 is 16.0 Å². The van der Waals surface area contributed by atoms with Gasteiger partial charge in [0.15, 0.2) is 0 Å². The first kappa shape index (κ1) is 26.1. The molecule has 0 unspecified atom stereocenters. The fourth-order valence-electron chi connectivity index (χ4n) is 2.09. The predicted octanol–water partition coefficient (Wildman–Crippen LogP) is 0.989. The number of rotatable bonds is 6. The smallest absolute Gasteiger partial charge is 0.237 e. The van der Waals surface area contributed by atoms with Gasteiger partial charge in [-0.15, -0.1) is 37.2 Å². The van der Waals surface area contributed by atoms with Crippen LogP contribution in [0.4, 0.5) is 0 Å². The molecule has 130 valence electrons. The highest BCUT2D eigenvalue weighted by atomic mass is 35.5.